The van der Waals surface area contributed by atoms with Gasteiger partial charge in [0.05, 0.1) is 30.6 Å². The third-order valence-electron chi connectivity index (χ3n) is 4.82. The monoisotopic (exact) mass is 361 g/mol. The van der Waals surface area contributed by atoms with E-state index in [1.54, 1.807) is 23.5 Å². The van der Waals surface area contributed by atoms with Crippen molar-refractivity contribution in [3.63, 3.8) is 0 Å². The third kappa shape index (κ3) is 2.71. The Hall–Kier alpha value is -3.35. The largest absolute Gasteiger partial charge is 0.480 e. The van der Waals surface area contributed by atoms with Crippen LogP contribution in [0.2, 0.25) is 0 Å². The Labute approximate surface area is 157 Å². The summed E-state index contributed by atoms with van der Waals surface area (Å²) >= 11 is 0. The summed E-state index contributed by atoms with van der Waals surface area (Å²) in [5.74, 6) is 1.53. The summed E-state index contributed by atoms with van der Waals surface area (Å²) in [5.41, 5.74) is 2.91. The van der Waals surface area contributed by atoms with E-state index in [1.165, 1.54) is 13.3 Å². The van der Waals surface area contributed by atoms with Crippen molar-refractivity contribution >= 4 is 17.4 Å². The van der Waals surface area contributed by atoms with Crippen molar-refractivity contribution < 1.29 is 9.53 Å². The number of ether oxygens (including phenoxy) is 1. The highest BCUT2D eigenvalue weighted by Gasteiger charge is 2.45. The van der Waals surface area contributed by atoms with E-state index in [0.717, 1.165) is 22.4 Å². The van der Waals surface area contributed by atoms with Crippen LogP contribution in [0.4, 0.5) is 11.5 Å². The van der Waals surface area contributed by atoms with E-state index in [9.17, 15) is 4.79 Å². The summed E-state index contributed by atoms with van der Waals surface area (Å²) in [4.78, 5) is 31.8. The number of anilines is 2. The molecule has 0 N–H and O–H groups in total. The SMILES string of the molecule is COc1cnc(N2C(=O)C(C)(C)c3ccc(-c4cnc(C)nc4)cc32)cn1. The van der Waals surface area contributed by atoms with Crippen LogP contribution in [0.3, 0.4) is 0 Å². The molecule has 3 heterocycles. The minimum Gasteiger partial charge on any atom is -0.480 e. The summed E-state index contributed by atoms with van der Waals surface area (Å²) in [6.07, 6.45) is 6.61. The zero-order chi connectivity index (χ0) is 19.2. The molecule has 0 bridgehead atoms. The number of carbonyl (C=O) groups excluding carboxylic acids is 1. The summed E-state index contributed by atoms with van der Waals surface area (Å²) in [5, 5.41) is 0. The number of rotatable bonds is 3. The second kappa shape index (κ2) is 6.12. The number of fused-ring (bicyclic) bond motifs is 1. The quantitative estimate of drug-likeness (QED) is 0.712. The van der Waals surface area contributed by atoms with Gasteiger partial charge in [-0.15, -0.1) is 0 Å². The van der Waals surface area contributed by atoms with Gasteiger partial charge in [-0.1, -0.05) is 12.1 Å². The minimum absolute atomic E-state index is 0.0470. The van der Waals surface area contributed by atoms with Crippen molar-refractivity contribution in [2.24, 2.45) is 0 Å². The second-order valence-corrected chi connectivity index (χ2v) is 6.93. The molecule has 2 aromatic heterocycles. The molecule has 0 unspecified atom stereocenters. The van der Waals surface area contributed by atoms with Crippen molar-refractivity contribution in [1.29, 1.82) is 0 Å². The van der Waals surface area contributed by atoms with Crippen molar-refractivity contribution in [1.82, 2.24) is 19.9 Å². The van der Waals surface area contributed by atoms with E-state index < -0.39 is 5.41 Å². The lowest BCUT2D eigenvalue weighted by Gasteiger charge is -2.19. The molecule has 0 spiro atoms. The van der Waals surface area contributed by atoms with Crippen LogP contribution in [-0.4, -0.2) is 33.0 Å². The standard InChI is InChI=1S/C20H19N5O2/c1-12-21-8-14(9-22-12)13-5-6-15-16(7-13)25(19(26)20(15,2)3)17-10-24-18(27-4)11-23-17/h5-11H,1-4H3. The number of hydrogen-bond acceptors (Lipinski definition) is 6. The first-order valence-electron chi connectivity index (χ1n) is 8.56. The molecular weight excluding hydrogens is 342 g/mol. The number of hydrogen-bond donors (Lipinski definition) is 0. The lowest BCUT2D eigenvalue weighted by Crippen LogP contribution is -2.33. The van der Waals surface area contributed by atoms with E-state index in [1.807, 2.05) is 39.0 Å². The van der Waals surface area contributed by atoms with Crippen LogP contribution in [0.5, 0.6) is 5.88 Å². The highest BCUT2D eigenvalue weighted by atomic mass is 16.5. The van der Waals surface area contributed by atoms with Crippen LogP contribution in [0.15, 0.2) is 43.0 Å². The first kappa shape index (κ1) is 17.1. The number of carbonyl (C=O) groups is 1. The Bertz CT molecular complexity index is 1010. The van der Waals surface area contributed by atoms with Crippen LogP contribution < -0.4 is 9.64 Å². The lowest BCUT2D eigenvalue weighted by molar-refractivity contribution is -0.121. The molecule has 1 aromatic carbocycles. The number of amides is 1. The van der Waals surface area contributed by atoms with Gasteiger partial charge in [0, 0.05) is 18.0 Å². The minimum atomic E-state index is -0.654. The molecule has 3 aromatic rings. The van der Waals surface area contributed by atoms with Gasteiger partial charge in [0.25, 0.3) is 0 Å². The lowest BCUT2D eigenvalue weighted by atomic mass is 9.85. The Kier molecular flexibility index (Phi) is 3.87. The Morgan fingerprint density at radius 1 is 0.963 bits per heavy atom. The highest BCUT2D eigenvalue weighted by Crippen LogP contribution is 2.46. The van der Waals surface area contributed by atoms with Crippen LogP contribution in [0.1, 0.15) is 25.2 Å². The number of aromatic nitrogens is 4. The Morgan fingerprint density at radius 2 is 1.70 bits per heavy atom. The molecule has 0 saturated heterocycles. The summed E-state index contributed by atoms with van der Waals surface area (Å²) < 4.78 is 5.06. The smallest absolute Gasteiger partial charge is 0.242 e. The molecular formula is C20H19N5O2. The predicted molar refractivity (Wildman–Crippen MR) is 101 cm³/mol. The first-order chi connectivity index (χ1) is 12.9. The molecule has 1 amide bonds. The van der Waals surface area contributed by atoms with Gasteiger partial charge in [0.2, 0.25) is 11.8 Å². The molecule has 0 radical (unpaired) electrons. The zero-order valence-corrected chi connectivity index (χ0v) is 15.6. The Balaban J connectivity index is 1.84. The zero-order valence-electron chi connectivity index (χ0n) is 15.6. The van der Waals surface area contributed by atoms with Gasteiger partial charge < -0.3 is 4.74 Å². The molecule has 0 fully saturated rings. The fourth-order valence-electron chi connectivity index (χ4n) is 3.23. The van der Waals surface area contributed by atoms with E-state index in [0.29, 0.717) is 17.5 Å². The second-order valence-electron chi connectivity index (χ2n) is 6.93. The van der Waals surface area contributed by atoms with Gasteiger partial charge in [0.1, 0.15) is 5.82 Å². The molecule has 0 atom stereocenters. The van der Waals surface area contributed by atoms with E-state index in [-0.39, 0.29) is 5.91 Å². The van der Waals surface area contributed by atoms with Crippen molar-refractivity contribution in [2.75, 3.05) is 12.0 Å². The maximum atomic E-state index is 13.1. The summed E-state index contributed by atoms with van der Waals surface area (Å²) in [7, 11) is 1.53. The number of aryl methyl sites for hydroxylation is 1. The summed E-state index contributed by atoms with van der Waals surface area (Å²) in [6.45, 7) is 5.68. The fourth-order valence-corrected chi connectivity index (χ4v) is 3.23. The summed E-state index contributed by atoms with van der Waals surface area (Å²) in [6, 6.07) is 5.95. The fraction of sp³-hybridized carbons (Fsp3) is 0.250. The van der Waals surface area contributed by atoms with Gasteiger partial charge in [0.15, 0.2) is 5.82 Å². The topological polar surface area (TPSA) is 81.1 Å². The number of nitrogens with zero attached hydrogens (tertiary/aromatic N) is 5. The van der Waals surface area contributed by atoms with Gasteiger partial charge >= 0.3 is 0 Å². The Morgan fingerprint density at radius 3 is 2.33 bits per heavy atom. The van der Waals surface area contributed by atoms with Gasteiger partial charge in [-0.25, -0.2) is 19.9 Å². The van der Waals surface area contributed by atoms with Crippen LogP contribution in [-0.2, 0) is 10.2 Å². The maximum absolute atomic E-state index is 13.1. The van der Waals surface area contributed by atoms with E-state index >= 15 is 0 Å². The van der Waals surface area contributed by atoms with Crippen molar-refractivity contribution in [3.05, 3.63) is 54.4 Å². The van der Waals surface area contributed by atoms with Gasteiger partial charge in [-0.3, -0.25) is 9.69 Å². The van der Waals surface area contributed by atoms with Gasteiger partial charge in [-0.2, -0.15) is 0 Å². The molecule has 0 aliphatic carbocycles. The molecule has 0 saturated carbocycles. The molecule has 4 rings (SSSR count). The molecule has 27 heavy (non-hydrogen) atoms. The van der Waals surface area contributed by atoms with E-state index in [4.69, 9.17) is 4.74 Å². The van der Waals surface area contributed by atoms with Crippen molar-refractivity contribution in [2.45, 2.75) is 26.2 Å². The van der Waals surface area contributed by atoms with Crippen molar-refractivity contribution in [3.8, 4) is 17.0 Å². The molecule has 7 heteroatoms. The number of benzene rings is 1. The van der Waals surface area contributed by atoms with Gasteiger partial charge in [-0.05, 0) is 38.0 Å². The molecule has 136 valence electrons. The molecule has 1 aliphatic heterocycles. The number of methoxy groups -OCH3 is 1. The first-order valence-corrected chi connectivity index (χ1v) is 8.56. The molecule has 7 nitrogen and oxygen atoms in total. The average molecular weight is 361 g/mol. The predicted octanol–water partition coefficient (Wildman–Crippen LogP) is 3.21. The van der Waals surface area contributed by atoms with Crippen LogP contribution >= 0.6 is 0 Å². The van der Waals surface area contributed by atoms with Crippen LogP contribution in [0, 0.1) is 6.92 Å². The normalized spacial score (nSPS) is 15.0. The van der Waals surface area contributed by atoms with E-state index in [2.05, 4.69) is 19.9 Å². The third-order valence-corrected chi connectivity index (χ3v) is 4.82. The maximum Gasteiger partial charge on any atom is 0.242 e. The highest BCUT2D eigenvalue weighted by molar-refractivity contribution is 6.12. The average Bonchev–Trinajstić information content (AvgIpc) is 2.88. The molecule has 1 aliphatic rings. The van der Waals surface area contributed by atoms with Crippen LogP contribution in [0.25, 0.3) is 11.1 Å².